The van der Waals surface area contributed by atoms with Crippen LogP contribution in [0.15, 0.2) is 42.6 Å². The number of likely N-dealkylation sites (N-methyl/N-ethyl adjacent to an activating group) is 1. The largest absolute Gasteiger partial charge is 0.283 e. The van der Waals surface area contributed by atoms with Crippen molar-refractivity contribution in [3.63, 3.8) is 0 Å². The topological polar surface area (TPSA) is 73.8 Å². The lowest BCUT2D eigenvalue weighted by Gasteiger charge is -2.39. The van der Waals surface area contributed by atoms with Crippen LogP contribution in [0.25, 0.3) is 0 Å². The van der Waals surface area contributed by atoms with Crippen LogP contribution in [-0.2, 0) is 15.1 Å². The van der Waals surface area contributed by atoms with Gasteiger partial charge in [-0.3, -0.25) is 24.3 Å². The molecule has 1 aromatic carbocycles. The third kappa shape index (κ3) is 1.88. The summed E-state index contributed by atoms with van der Waals surface area (Å²) in [5, 5.41) is 2.95. The fraction of sp³-hybridized carbons (Fsp3) is 0.263. The number of imide groups is 1. The smallest absolute Gasteiger partial charge is 0.274 e. The molecule has 7 nitrogen and oxygen atoms in total. The summed E-state index contributed by atoms with van der Waals surface area (Å²) in [6, 6.07) is 10.7. The lowest BCUT2D eigenvalue weighted by atomic mass is 9.87. The van der Waals surface area contributed by atoms with E-state index in [1.165, 1.54) is 12.1 Å². The summed E-state index contributed by atoms with van der Waals surface area (Å²) in [6.45, 7) is 1.83. The fourth-order valence-corrected chi connectivity index (χ4v) is 3.91. The number of likely N-dealkylation sites (tertiary alicyclic amines) is 1. The van der Waals surface area contributed by atoms with Crippen LogP contribution in [0.5, 0.6) is 0 Å². The van der Waals surface area contributed by atoms with Crippen LogP contribution in [0.3, 0.4) is 0 Å². The number of rotatable bonds is 2. The summed E-state index contributed by atoms with van der Waals surface area (Å²) in [4.78, 5) is 44.3. The average Bonchev–Trinajstić information content (AvgIpc) is 3.02. The van der Waals surface area contributed by atoms with Gasteiger partial charge in [0.1, 0.15) is 5.82 Å². The van der Waals surface area contributed by atoms with Gasteiger partial charge in [-0.15, -0.1) is 0 Å². The van der Waals surface area contributed by atoms with Gasteiger partial charge in [-0.2, -0.15) is 0 Å². The Labute approximate surface area is 150 Å². The monoisotopic (exact) mass is 350 g/mol. The van der Waals surface area contributed by atoms with Gasteiger partial charge < -0.3 is 0 Å². The van der Waals surface area contributed by atoms with E-state index in [-0.39, 0.29) is 18.2 Å². The van der Waals surface area contributed by atoms with Crippen LogP contribution < -0.4 is 5.01 Å². The first-order valence-corrected chi connectivity index (χ1v) is 8.30. The summed E-state index contributed by atoms with van der Waals surface area (Å²) in [5.74, 6) is -0.497. The molecule has 132 valence electrons. The van der Waals surface area contributed by atoms with Gasteiger partial charge in [0.25, 0.3) is 11.8 Å². The minimum Gasteiger partial charge on any atom is -0.283 e. The predicted octanol–water partition coefficient (Wildman–Crippen LogP) is 1.48. The third-order valence-corrected chi connectivity index (χ3v) is 5.21. The number of hydrogen-bond donors (Lipinski definition) is 0. The molecule has 0 aliphatic carbocycles. The Bertz CT molecular complexity index is 943. The standard InChI is InChI=1S/C19H18N4O3/c1-12-7-6-8-13-16(12)17(25)23(22(3)14-9-4-5-10-20-14)19(13)11-15(24)21(2)18(19)26/h4-10H,11H2,1-3H3. The second-order valence-electron chi connectivity index (χ2n) is 6.62. The number of aromatic nitrogens is 1. The van der Waals surface area contributed by atoms with Crippen molar-refractivity contribution in [1.29, 1.82) is 0 Å². The molecular weight excluding hydrogens is 332 g/mol. The summed E-state index contributed by atoms with van der Waals surface area (Å²) >= 11 is 0. The number of hydrogen-bond acceptors (Lipinski definition) is 5. The van der Waals surface area contributed by atoms with E-state index in [2.05, 4.69) is 4.98 Å². The van der Waals surface area contributed by atoms with E-state index in [4.69, 9.17) is 0 Å². The van der Waals surface area contributed by atoms with Gasteiger partial charge in [-0.05, 0) is 24.6 Å². The first-order chi connectivity index (χ1) is 12.4. The summed E-state index contributed by atoms with van der Waals surface area (Å²) in [7, 11) is 3.13. The molecule has 1 unspecified atom stereocenters. The number of fused-ring (bicyclic) bond motifs is 2. The molecule has 1 aromatic heterocycles. The van der Waals surface area contributed by atoms with Gasteiger partial charge in [-0.25, -0.2) is 9.99 Å². The number of pyridine rings is 1. The summed E-state index contributed by atoms with van der Waals surface area (Å²) in [5.41, 5.74) is 0.467. The van der Waals surface area contributed by atoms with Gasteiger partial charge in [0.05, 0.1) is 12.0 Å². The molecule has 4 rings (SSSR count). The SMILES string of the molecule is Cc1cccc2c1C(=O)N(N(C)c1ccccn1)C21CC(=O)N(C)C1=O. The van der Waals surface area contributed by atoms with E-state index in [0.717, 1.165) is 10.5 Å². The molecule has 1 fully saturated rings. The fourth-order valence-electron chi connectivity index (χ4n) is 3.91. The van der Waals surface area contributed by atoms with Crippen LogP contribution in [-0.4, -0.2) is 46.7 Å². The Morgan fingerprint density at radius 1 is 1.12 bits per heavy atom. The Kier molecular flexibility index (Phi) is 3.37. The molecule has 2 aliphatic heterocycles. The van der Waals surface area contributed by atoms with Crippen molar-refractivity contribution < 1.29 is 14.4 Å². The number of anilines is 1. The first-order valence-electron chi connectivity index (χ1n) is 8.30. The number of nitrogens with zero attached hydrogens (tertiary/aromatic N) is 4. The molecule has 3 amide bonds. The maximum absolute atomic E-state index is 13.3. The molecule has 1 spiro atoms. The van der Waals surface area contributed by atoms with Crippen LogP contribution in [0.4, 0.5) is 5.82 Å². The van der Waals surface area contributed by atoms with E-state index in [0.29, 0.717) is 16.9 Å². The Morgan fingerprint density at radius 2 is 1.88 bits per heavy atom. The van der Waals surface area contributed by atoms with E-state index in [9.17, 15) is 14.4 Å². The highest BCUT2D eigenvalue weighted by Gasteiger charge is 2.63. The molecule has 2 aliphatic rings. The zero-order chi connectivity index (χ0) is 18.6. The number of carbonyl (C=O) groups is 3. The summed E-state index contributed by atoms with van der Waals surface area (Å²) in [6.07, 6.45) is 1.53. The highest BCUT2D eigenvalue weighted by Crippen LogP contribution is 2.48. The Morgan fingerprint density at radius 3 is 2.50 bits per heavy atom. The lowest BCUT2D eigenvalue weighted by Crippen LogP contribution is -2.56. The highest BCUT2D eigenvalue weighted by molar-refractivity contribution is 6.16. The molecule has 0 radical (unpaired) electrons. The van der Waals surface area contributed by atoms with Gasteiger partial charge >= 0.3 is 0 Å². The maximum atomic E-state index is 13.3. The van der Waals surface area contributed by atoms with E-state index >= 15 is 0 Å². The van der Waals surface area contributed by atoms with Crippen LogP contribution in [0.1, 0.15) is 27.9 Å². The maximum Gasteiger partial charge on any atom is 0.274 e. The molecule has 3 heterocycles. The first kappa shape index (κ1) is 16.3. The lowest BCUT2D eigenvalue weighted by molar-refractivity contribution is -0.140. The molecule has 0 saturated carbocycles. The number of amides is 3. The van der Waals surface area contributed by atoms with Gasteiger partial charge in [-0.1, -0.05) is 24.3 Å². The molecule has 7 heteroatoms. The zero-order valence-corrected chi connectivity index (χ0v) is 14.8. The molecule has 0 bridgehead atoms. The second-order valence-corrected chi connectivity index (χ2v) is 6.62. The van der Waals surface area contributed by atoms with Gasteiger partial charge in [0.15, 0.2) is 5.54 Å². The second kappa shape index (κ2) is 5.39. The van der Waals surface area contributed by atoms with Crippen molar-refractivity contribution >= 4 is 23.5 Å². The number of benzene rings is 1. The third-order valence-electron chi connectivity index (χ3n) is 5.21. The number of aryl methyl sites for hydroxylation is 1. The number of hydrazine groups is 1. The normalized spacial score (nSPS) is 21.7. The highest BCUT2D eigenvalue weighted by atomic mass is 16.2. The van der Waals surface area contributed by atoms with Crippen LogP contribution >= 0.6 is 0 Å². The van der Waals surface area contributed by atoms with Gasteiger partial charge in [0.2, 0.25) is 5.91 Å². The predicted molar refractivity (Wildman–Crippen MR) is 94.1 cm³/mol. The molecular formula is C19H18N4O3. The minimum absolute atomic E-state index is 0.0816. The van der Waals surface area contributed by atoms with Crippen molar-refractivity contribution in [2.45, 2.75) is 18.9 Å². The molecule has 26 heavy (non-hydrogen) atoms. The van der Waals surface area contributed by atoms with Gasteiger partial charge in [0, 0.05) is 25.9 Å². The van der Waals surface area contributed by atoms with E-state index < -0.39 is 11.4 Å². The molecule has 0 N–H and O–H groups in total. The summed E-state index contributed by atoms with van der Waals surface area (Å²) < 4.78 is 0. The van der Waals surface area contributed by atoms with Crippen molar-refractivity contribution in [2.75, 3.05) is 19.1 Å². The molecule has 2 aromatic rings. The van der Waals surface area contributed by atoms with Crippen molar-refractivity contribution in [3.8, 4) is 0 Å². The van der Waals surface area contributed by atoms with E-state index in [1.807, 2.05) is 19.1 Å². The Balaban J connectivity index is 1.96. The average molecular weight is 350 g/mol. The Hall–Kier alpha value is -3.22. The molecule has 1 saturated heterocycles. The van der Waals surface area contributed by atoms with E-state index in [1.54, 1.807) is 42.5 Å². The molecule has 1 atom stereocenters. The number of carbonyl (C=O) groups excluding carboxylic acids is 3. The van der Waals surface area contributed by atoms with Crippen molar-refractivity contribution in [2.24, 2.45) is 0 Å². The van der Waals surface area contributed by atoms with Crippen molar-refractivity contribution in [1.82, 2.24) is 14.9 Å². The van der Waals surface area contributed by atoms with Crippen LogP contribution in [0, 0.1) is 6.92 Å². The quantitative estimate of drug-likeness (QED) is 0.767. The van der Waals surface area contributed by atoms with Crippen LogP contribution in [0.2, 0.25) is 0 Å². The van der Waals surface area contributed by atoms with Crippen molar-refractivity contribution in [3.05, 3.63) is 59.3 Å². The zero-order valence-electron chi connectivity index (χ0n) is 14.8. The minimum atomic E-state index is -1.36.